The Morgan fingerprint density at radius 1 is 1.15 bits per heavy atom. The molecular weight excluding hydrogens is 178 g/mol. The molecule has 0 aromatic carbocycles. The highest BCUT2D eigenvalue weighted by atomic mass is 16.4. The Morgan fingerprint density at radius 2 is 1.62 bits per heavy atom. The van der Waals surface area contributed by atoms with Crippen LogP contribution < -0.4 is 5.32 Å². The summed E-state index contributed by atoms with van der Waals surface area (Å²) in [6, 6.07) is -1.38. The number of amides is 1. The second kappa shape index (κ2) is 4.44. The van der Waals surface area contributed by atoms with Crippen molar-refractivity contribution in [3.05, 3.63) is 0 Å². The van der Waals surface area contributed by atoms with Gasteiger partial charge in [-0.1, -0.05) is 0 Å². The van der Waals surface area contributed by atoms with E-state index in [9.17, 15) is 14.4 Å². The van der Waals surface area contributed by atoms with Crippen LogP contribution in [-0.2, 0) is 14.4 Å². The number of nitrogens with one attached hydrogen (secondary N) is 1. The van der Waals surface area contributed by atoms with Crippen molar-refractivity contribution in [3.8, 4) is 0 Å². The van der Waals surface area contributed by atoms with Gasteiger partial charge in [-0.3, -0.25) is 9.59 Å². The number of carboxylic acids is 2. The van der Waals surface area contributed by atoms with E-state index in [1.165, 1.54) is 6.92 Å². The maximum absolute atomic E-state index is 10.5. The molecule has 0 heterocycles. The van der Waals surface area contributed by atoms with Crippen molar-refractivity contribution in [1.29, 1.82) is 0 Å². The number of rotatable bonds is 4. The minimum absolute atomic E-state index is 0.569. The summed E-state index contributed by atoms with van der Waals surface area (Å²) in [5.74, 6) is -4.34. The lowest BCUT2D eigenvalue weighted by molar-refractivity contribution is -0.151. The lowest BCUT2D eigenvalue weighted by Gasteiger charge is -2.16. The number of carbonyl (C=O) groups excluding carboxylic acids is 1. The normalized spacial score (nSPS) is 14.3. The summed E-state index contributed by atoms with van der Waals surface area (Å²) in [7, 11) is 0. The molecule has 3 N–H and O–H groups in total. The van der Waals surface area contributed by atoms with Gasteiger partial charge in [-0.25, -0.2) is 4.79 Å². The van der Waals surface area contributed by atoms with E-state index in [1.807, 2.05) is 5.32 Å². The van der Waals surface area contributed by atoms with E-state index < -0.39 is 29.8 Å². The molecule has 6 heteroatoms. The molecule has 0 fully saturated rings. The highest BCUT2D eigenvalue weighted by Gasteiger charge is 2.30. The molecule has 0 saturated heterocycles. The number of hydrogen-bond acceptors (Lipinski definition) is 3. The first-order valence-corrected chi connectivity index (χ1v) is 3.59. The fourth-order valence-electron chi connectivity index (χ4n) is 0.762. The van der Waals surface area contributed by atoms with Gasteiger partial charge in [0.15, 0.2) is 0 Å². The average Bonchev–Trinajstić information content (AvgIpc) is 1.97. The average molecular weight is 189 g/mol. The topological polar surface area (TPSA) is 104 Å². The predicted octanol–water partition coefficient (Wildman–Crippen LogP) is -0.704. The standard InChI is InChI=1S/C7H11NO5/c1-3(6(10)11)5(7(12)13)8-4(2)9/h3,5H,1-2H3,(H,8,9)(H,10,11)(H,12,13)/t3-,5-/m0/s1. The van der Waals surface area contributed by atoms with Gasteiger partial charge in [0.05, 0.1) is 5.92 Å². The minimum atomic E-state index is -1.38. The Kier molecular flexibility index (Phi) is 3.90. The fourth-order valence-corrected chi connectivity index (χ4v) is 0.762. The lowest BCUT2D eigenvalue weighted by Crippen LogP contribution is -2.46. The van der Waals surface area contributed by atoms with Gasteiger partial charge in [0.1, 0.15) is 6.04 Å². The van der Waals surface area contributed by atoms with E-state index in [1.54, 1.807) is 0 Å². The van der Waals surface area contributed by atoms with Gasteiger partial charge >= 0.3 is 11.9 Å². The van der Waals surface area contributed by atoms with Gasteiger partial charge in [0.25, 0.3) is 0 Å². The smallest absolute Gasteiger partial charge is 0.327 e. The van der Waals surface area contributed by atoms with E-state index in [4.69, 9.17) is 10.2 Å². The molecular formula is C7H11NO5. The molecule has 2 atom stereocenters. The van der Waals surface area contributed by atoms with E-state index in [-0.39, 0.29) is 0 Å². The summed E-state index contributed by atoms with van der Waals surface area (Å²) in [6.45, 7) is 2.35. The third kappa shape index (κ3) is 3.55. The van der Waals surface area contributed by atoms with E-state index >= 15 is 0 Å². The molecule has 0 radical (unpaired) electrons. The van der Waals surface area contributed by atoms with E-state index in [0.717, 1.165) is 6.92 Å². The summed E-state index contributed by atoms with van der Waals surface area (Å²) >= 11 is 0. The monoisotopic (exact) mass is 189 g/mol. The largest absolute Gasteiger partial charge is 0.481 e. The molecule has 0 unspecified atom stereocenters. The summed E-state index contributed by atoms with van der Waals surface area (Å²) in [6.07, 6.45) is 0. The van der Waals surface area contributed by atoms with Crippen molar-refractivity contribution in [3.63, 3.8) is 0 Å². The maximum Gasteiger partial charge on any atom is 0.327 e. The molecule has 0 spiro atoms. The first-order chi connectivity index (χ1) is 5.86. The van der Waals surface area contributed by atoms with Crippen LogP contribution in [0.3, 0.4) is 0 Å². The van der Waals surface area contributed by atoms with Crippen LogP contribution in [0.4, 0.5) is 0 Å². The highest BCUT2D eigenvalue weighted by molar-refractivity contribution is 5.87. The van der Waals surface area contributed by atoms with E-state index in [0.29, 0.717) is 0 Å². The highest BCUT2D eigenvalue weighted by Crippen LogP contribution is 2.03. The van der Waals surface area contributed by atoms with Crippen LogP contribution in [0.25, 0.3) is 0 Å². The number of hydrogen-bond donors (Lipinski definition) is 3. The molecule has 13 heavy (non-hydrogen) atoms. The predicted molar refractivity (Wildman–Crippen MR) is 42.0 cm³/mol. The van der Waals surface area contributed by atoms with E-state index in [2.05, 4.69) is 0 Å². The Labute approximate surface area is 74.6 Å². The minimum Gasteiger partial charge on any atom is -0.481 e. The molecule has 0 aliphatic rings. The first kappa shape index (κ1) is 11.4. The van der Waals surface area contributed by atoms with Gasteiger partial charge in [0.2, 0.25) is 5.91 Å². The molecule has 0 aromatic heterocycles. The summed E-state index contributed by atoms with van der Waals surface area (Å²) in [4.78, 5) is 31.4. The Bertz CT molecular complexity index is 237. The van der Waals surface area contributed by atoms with Gasteiger partial charge in [-0.15, -0.1) is 0 Å². The first-order valence-electron chi connectivity index (χ1n) is 3.59. The van der Waals surface area contributed by atoms with Crippen LogP contribution in [0.2, 0.25) is 0 Å². The lowest BCUT2D eigenvalue weighted by atomic mass is 10.0. The second-order valence-corrected chi connectivity index (χ2v) is 2.64. The van der Waals surface area contributed by atoms with Gasteiger partial charge in [0, 0.05) is 6.92 Å². The van der Waals surface area contributed by atoms with Crippen LogP contribution in [0, 0.1) is 5.92 Å². The van der Waals surface area contributed by atoms with Crippen molar-refractivity contribution in [2.45, 2.75) is 19.9 Å². The van der Waals surface area contributed by atoms with Gasteiger partial charge < -0.3 is 15.5 Å². The second-order valence-electron chi connectivity index (χ2n) is 2.64. The molecule has 1 amide bonds. The van der Waals surface area contributed by atoms with Crippen molar-refractivity contribution in [1.82, 2.24) is 5.32 Å². The molecule has 0 aliphatic carbocycles. The number of carbonyl (C=O) groups is 3. The van der Waals surface area contributed by atoms with Crippen LogP contribution in [-0.4, -0.2) is 34.1 Å². The zero-order valence-electron chi connectivity index (χ0n) is 7.27. The Morgan fingerprint density at radius 3 is 1.85 bits per heavy atom. The SMILES string of the molecule is CC(=O)N[C@H](C(=O)O)[C@H](C)C(=O)O. The third-order valence-electron chi connectivity index (χ3n) is 1.51. The summed E-state index contributed by atoms with van der Waals surface area (Å²) < 4.78 is 0. The van der Waals surface area contributed by atoms with Crippen LogP contribution in [0.1, 0.15) is 13.8 Å². The Balaban J connectivity index is 4.51. The molecule has 0 bridgehead atoms. The van der Waals surface area contributed by atoms with Gasteiger partial charge in [-0.2, -0.15) is 0 Å². The molecule has 0 aromatic rings. The van der Waals surface area contributed by atoms with Crippen molar-refractivity contribution in [2.75, 3.05) is 0 Å². The zero-order valence-corrected chi connectivity index (χ0v) is 7.27. The van der Waals surface area contributed by atoms with Crippen LogP contribution in [0.15, 0.2) is 0 Å². The van der Waals surface area contributed by atoms with Crippen molar-refractivity contribution in [2.24, 2.45) is 5.92 Å². The fraction of sp³-hybridized carbons (Fsp3) is 0.571. The third-order valence-corrected chi connectivity index (χ3v) is 1.51. The molecule has 0 aliphatic heterocycles. The summed E-state index contributed by atoms with van der Waals surface area (Å²) in [5.41, 5.74) is 0. The molecule has 0 rings (SSSR count). The molecule has 0 saturated carbocycles. The maximum atomic E-state index is 10.5. The molecule has 6 nitrogen and oxygen atoms in total. The molecule has 74 valence electrons. The summed E-state index contributed by atoms with van der Waals surface area (Å²) in [5, 5.41) is 19.1. The number of aliphatic carboxylic acids is 2. The Hall–Kier alpha value is -1.59. The van der Waals surface area contributed by atoms with Crippen molar-refractivity contribution < 1.29 is 24.6 Å². The van der Waals surface area contributed by atoms with Crippen molar-refractivity contribution >= 4 is 17.8 Å². The van der Waals surface area contributed by atoms with Crippen LogP contribution >= 0.6 is 0 Å². The number of carboxylic acid groups (broad SMARTS) is 2. The van der Waals surface area contributed by atoms with Gasteiger partial charge in [-0.05, 0) is 6.92 Å². The zero-order chi connectivity index (χ0) is 10.6. The van der Waals surface area contributed by atoms with Crippen LogP contribution in [0.5, 0.6) is 0 Å². The quantitative estimate of drug-likeness (QED) is 0.542.